The molecule has 0 saturated carbocycles. The summed E-state index contributed by atoms with van der Waals surface area (Å²) < 4.78 is 1.84. The highest BCUT2D eigenvalue weighted by atomic mass is 35.5. The molecule has 0 aliphatic rings. The summed E-state index contributed by atoms with van der Waals surface area (Å²) in [5.41, 5.74) is 6.38. The van der Waals surface area contributed by atoms with E-state index in [0.717, 1.165) is 5.56 Å². The lowest BCUT2D eigenvalue weighted by atomic mass is 10.2. The van der Waals surface area contributed by atoms with Gasteiger partial charge >= 0.3 is 0 Å². The minimum Gasteiger partial charge on any atom is -0.382 e. The molecular formula is C10H9Cl2N3. The second-order valence-electron chi connectivity index (χ2n) is 3.17. The SMILES string of the molecule is Nc1cn(Cc2c(Cl)cccc2Cl)cn1. The summed E-state index contributed by atoms with van der Waals surface area (Å²) in [6.45, 7) is 0.572. The van der Waals surface area contributed by atoms with Crippen LogP contribution in [0.3, 0.4) is 0 Å². The van der Waals surface area contributed by atoms with E-state index < -0.39 is 0 Å². The number of nitrogens with two attached hydrogens (primary N) is 1. The van der Waals surface area contributed by atoms with Gasteiger partial charge in [0, 0.05) is 21.8 Å². The van der Waals surface area contributed by atoms with E-state index in [2.05, 4.69) is 4.98 Å². The smallest absolute Gasteiger partial charge is 0.141 e. The van der Waals surface area contributed by atoms with Gasteiger partial charge in [-0.1, -0.05) is 29.3 Å². The van der Waals surface area contributed by atoms with Crippen LogP contribution in [-0.2, 0) is 6.54 Å². The van der Waals surface area contributed by atoms with Crippen LogP contribution in [0.1, 0.15) is 5.56 Å². The number of nitrogen functional groups attached to an aromatic ring is 1. The van der Waals surface area contributed by atoms with Crippen LogP contribution in [0.25, 0.3) is 0 Å². The Bertz CT molecular complexity index is 459. The fourth-order valence-corrected chi connectivity index (χ4v) is 1.85. The number of rotatable bonds is 2. The molecule has 0 radical (unpaired) electrons. The van der Waals surface area contributed by atoms with Crippen LogP contribution in [0.5, 0.6) is 0 Å². The lowest BCUT2D eigenvalue weighted by Gasteiger charge is -2.06. The van der Waals surface area contributed by atoms with Gasteiger partial charge in [-0.05, 0) is 12.1 Å². The molecular weight excluding hydrogens is 233 g/mol. The van der Waals surface area contributed by atoms with Gasteiger partial charge in [-0.25, -0.2) is 4.98 Å². The first-order valence-electron chi connectivity index (χ1n) is 4.37. The summed E-state index contributed by atoms with van der Waals surface area (Å²) in [6, 6.07) is 5.43. The molecule has 0 unspecified atom stereocenters. The fraction of sp³-hybridized carbons (Fsp3) is 0.100. The molecule has 2 rings (SSSR count). The second-order valence-corrected chi connectivity index (χ2v) is 3.99. The molecule has 0 amide bonds. The molecule has 1 aromatic carbocycles. The molecule has 0 aliphatic carbocycles. The topological polar surface area (TPSA) is 43.8 Å². The van der Waals surface area contributed by atoms with E-state index in [4.69, 9.17) is 28.9 Å². The zero-order valence-electron chi connectivity index (χ0n) is 7.82. The maximum absolute atomic E-state index is 6.04. The third-order valence-corrected chi connectivity index (χ3v) is 2.76. The van der Waals surface area contributed by atoms with Gasteiger partial charge in [0.15, 0.2) is 0 Å². The van der Waals surface area contributed by atoms with Crippen LogP contribution in [0.4, 0.5) is 5.82 Å². The molecule has 0 atom stereocenters. The van der Waals surface area contributed by atoms with Gasteiger partial charge in [0.25, 0.3) is 0 Å². The highest BCUT2D eigenvalue weighted by Crippen LogP contribution is 2.25. The number of aromatic nitrogens is 2. The predicted octanol–water partition coefficient (Wildman–Crippen LogP) is 2.82. The zero-order chi connectivity index (χ0) is 10.8. The molecule has 1 aromatic heterocycles. The average Bonchev–Trinajstić information content (AvgIpc) is 2.58. The van der Waals surface area contributed by atoms with Gasteiger partial charge in [-0.15, -0.1) is 0 Å². The number of hydrogen-bond acceptors (Lipinski definition) is 2. The third kappa shape index (κ3) is 2.25. The first kappa shape index (κ1) is 10.3. The molecule has 0 bridgehead atoms. The lowest BCUT2D eigenvalue weighted by Crippen LogP contribution is -1.98. The van der Waals surface area contributed by atoms with Crippen molar-refractivity contribution in [1.29, 1.82) is 0 Å². The Labute approximate surface area is 97.4 Å². The summed E-state index contributed by atoms with van der Waals surface area (Å²) in [6.07, 6.45) is 3.38. The molecule has 0 fully saturated rings. The minimum atomic E-state index is 0.484. The highest BCUT2D eigenvalue weighted by Gasteiger charge is 2.06. The quantitative estimate of drug-likeness (QED) is 0.879. The van der Waals surface area contributed by atoms with Crippen molar-refractivity contribution in [3.63, 3.8) is 0 Å². The largest absolute Gasteiger partial charge is 0.382 e. The van der Waals surface area contributed by atoms with E-state index >= 15 is 0 Å². The van der Waals surface area contributed by atoms with Crippen LogP contribution in [0.15, 0.2) is 30.7 Å². The van der Waals surface area contributed by atoms with Crippen molar-refractivity contribution in [2.45, 2.75) is 6.54 Å². The Hall–Kier alpha value is -1.19. The monoisotopic (exact) mass is 241 g/mol. The van der Waals surface area contributed by atoms with E-state index in [1.807, 2.05) is 22.8 Å². The summed E-state index contributed by atoms with van der Waals surface area (Å²) in [7, 11) is 0. The first-order chi connectivity index (χ1) is 7.16. The Morgan fingerprint density at radius 2 is 1.93 bits per heavy atom. The van der Waals surface area contributed by atoms with E-state index in [9.17, 15) is 0 Å². The van der Waals surface area contributed by atoms with Gasteiger partial charge in [0.1, 0.15) is 5.82 Å². The van der Waals surface area contributed by atoms with E-state index in [0.29, 0.717) is 22.4 Å². The third-order valence-electron chi connectivity index (χ3n) is 2.06. The summed E-state index contributed by atoms with van der Waals surface area (Å²) in [4.78, 5) is 3.93. The lowest BCUT2D eigenvalue weighted by molar-refractivity contribution is 0.798. The number of benzene rings is 1. The van der Waals surface area contributed by atoms with Gasteiger partial charge in [-0.3, -0.25) is 0 Å². The Balaban J connectivity index is 2.31. The predicted molar refractivity (Wildman–Crippen MR) is 62.2 cm³/mol. The zero-order valence-corrected chi connectivity index (χ0v) is 9.33. The Kier molecular flexibility index (Phi) is 2.84. The minimum absolute atomic E-state index is 0.484. The number of halogens is 2. The molecule has 78 valence electrons. The number of nitrogens with zero attached hydrogens (tertiary/aromatic N) is 2. The van der Waals surface area contributed by atoms with Crippen LogP contribution >= 0.6 is 23.2 Å². The summed E-state index contributed by atoms with van der Waals surface area (Å²) in [5.74, 6) is 0.484. The average molecular weight is 242 g/mol. The van der Waals surface area contributed by atoms with E-state index in [1.54, 1.807) is 12.5 Å². The normalized spacial score (nSPS) is 10.5. The summed E-state index contributed by atoms with van der Waals surface area (Å²) in [5, 5.41) is 1.30. The maximum Gasteiger partial charge on any atom is 0.141 e. The van der Waals surface area contributed by atoms with Gasteiger partial charge < -0.3 is 10.3 Å². The van der Waals surface area contributed by atoms with E-state index in [-0.39, 0.29) is 0 Å². The van der Waals surface area contributed by atoms with Crippen molar-refractivity contribution >= 4 is 29.0 Å². The molecule has 0 aliphatic heterocycles. The van der Waals surface area contributed by atoms with Gasteiger partial charge in [0.2, 0.25) is 0 Å². The Morgan fingerprint density at radius 1 is 1.27 bits per heavy atom. The molecule has 2 N–H and O–H groups in total. The molecule has 15 heavy (non-hydrogen) atoms. The van der Waals surface area contributed by atoms with Crippen LogP contribution in [0.2, 0.25) is 10.0 Å². The van der Waals surface area contributed by atoms with Crippen molar-refractivity contribution in [1.82, 2.24) is 9.55 Å². The van der Waals surface area contributed by atoms with E-state index in [1.165, 1.54) is 0 Å². The second kappa shape index (κ2) is 4.13. The number of hydrogen-bond donors (Lipinski definition) is 1. The number of imidazole rings is 1. The van der Waals surface area contributed by atoms with Crippen molar-refractivity contribution < 1.29 is 0 Å². The molecule has 5 heteroatoms. The van der Waals surface area contributed by atoms with Gasteiger partial charge in [0.05, 0.1) is 12.9 Å². The van der Waals surface area contributed by atoms with Crippen molar-refractivity contribution in [3.05, 3.63) is 46.3 Å². The molecule has 2 aromatic rings. The van der Waals surface area contributed by atoms with Crippen LogP contribution in [0, 0.1) is 0 Å². The van der Waals surface area contributed by atoms with Crippen molar-refractivity contribution in [2.24, 2.45) is 0 Å². The van der Waals surface area contributed by atoms with Crippen LogP contribution < -0.4 is 5.73 Å². The summed E-state index contributed by atoms with van der Waals surface area (Å²) >= 11 is 12.1. The number of anilines is 1. The molecule has 3 nitrogen and oxygen atoms in total. The molecule has 0 saturated heterocycles. The van der Waals surface area contributed by atoms with Crippen LogP contribution in [-0.4, -0.2) is 9.55 Å². The molecule has 1 heterocycles. The highest BCUT2D eigenvalue weighted by molar-refractivity contribution is 6.35. The first-order valence-corrected chi connectivity index (χ1v) is 5.12. The maximum atomic E-state index is 6.04. The fourth-order valence-electron chi connectivity index (χ4n) is 1.33. The molecule has 0 spiro atoms. The Morgan fingerprint density at radius 3 is 2.47 bits per heavy atom. The van der Waals surface area contributed by atoms with Crippen molar-refractivity contribution in [3.8, 4) is 0 Å². The van der Waals surface area contributed by atoms with Crippen molar-refractivity contribution in [2.75, 3.05) is 5.73 Å². The standard InChI is InChI=1S/C10H9Cl2N3/c11-8-2-1-3-9(12)7(8)4-15-5-10(13)14-6-15/h1-3,5-6H,4,13H2. The van der Waals surface area contributed by atoms with Gasteiger partial charge in [-0.2, -0.15) is 0 Å².